The van der Waals surface area contributed by atoms with Crippen molar-refractivity contribution >= 4 is 27.6 Å². The molecule has 1 aromatic heterocycles. The first-order chi connectivity index (χ1) is 18.0. The van der Waals surface area contributed by atoms with E-state index in [1.54, 1.807) is 6.07 Å². The predicted octanol–water partition coefficient (Wildman–Crippen LogP) is 6.25. The molecule has 0 radical (unpaired) electrons. The van der Waals surface area contributed by atoms with Gasteiger partial charge in [-0.2, -0.15) is 5.26 Å². The Labute approximate surface area is 228 Å². The van der Waals surface area contributed by atoms with Crippen LogP contribution in [0.25, 0.3) is 11.1 Å². The third kappa shape index (κ3) is 6.31. The average Bonchev–Trinajstić information content (AvgIpc) is 2.87. The number of ether oxygens (including phenoxy) is 1. The Bertz CT molecular complexity index is 1610. The summed E-state index contributed by atoms with van der Waals surface area (Å²) in [4.78, 5) is 8.07. The van der Waals surface area contributed by atoms with E-state index in [-0.39, 0.29) is 12.6 Å². The van der Waals surface area contributed by atoms with Gasteiger partial charge in [0.15, 0.2) is 0 Å². The van der Waals surface area contributed by atoms with Gasteiger partial charge in [0, 0.05) is 17.2 Å². The minimum Gasteiger partial charge on any atom is -0.487 e. The van der Waals surface area contributed by atoms with Gasteiger partial charge < -0.3 is 4.74 Å². The molecule has 0 unspecified atom stereocenters. The van der Waals surface area contributed by atoms with Crippen LogP contribution in [0, 0.1) is 18.3 Å². The number of anilines is 1. The summed E-state index contributed by atoms with van der Waals surface area (Å²) in [5.74, 6) is 0.626. The molecule has 7 nitrogen and oxygen atoms in total. The van der Waals surface area contributed by atoms with Gasteiger partial charge in [-0.3, -0.25) is 4.72 Å². The molecule has 0 amide bonds. The number of sulfonamides is 1. The van der Waals surface area contributed by atoms with Crippen molar-refractivity contribution in [3.8, 4) is 22.9 Å². The molecular formula is C29H27ClN4O3S. The highest BCUT2D eigenvalue weighted by Gasteiger charge is 2.26. The Balaban J connectivity index is 1.53. The summed E-state index contributed by atoms with van der Waals surface area (Å²) in [6, 6.07) is 23.4. The number of nitriles is 1. The van der Waals surface area contributed by atoms with Gasteiger partial charge >= 0.3 is 0 Å². The summed E-state index contributed by atoms with van der Waals surface area (Å²) in [6.07, 6.45) is 2.51. The predicted molar refractivity (Wildman–Crippen MR) is 150 cm³/mol. The molecule has 3 aromatic carbocycles. The number of nitrogens with zero attached hydrogens (tertiary/aromatic N) is 3. The summed E-state index contributed by atoms with van der Waals surface area (Å²) >= 11 is 6.73. The molecule has 4 rings (SSSR count). The van der Waals surface area contributed by atoms with E-state index >= 15 is 0 Å². The second kappa shape index (κ2) is 10.8. The number of aromatic nitrogens is 2. The number of rotatable bonds is 8. The van der Waals surface area contributed by atoms with Crippen LogP contribution in [0.15, 0.2) is 72.9 Å². The van der Waals surface area contributed by atoms with Crippen molar-refractivity contribution in [2.75, 3.05) is 11.0 Å². The van der Waals surface area contributed by atoms with Gasteiger partial charge in [0.2, 0.25) is 16.0 Å². The van der Waals surface area contributed by atoms with Crippen molar-refractivity contribution in [3.63, 3.8) is 0 Å². The van der Waals surface area contributed by atoms with Gasteiger partial charge in [-0.1, -0.05) is 67.4 Å². The number of halogens is 1. The summed E-state index contributed by atoms with van der Waals surface area (Å²) in [5.41, 5.74) is 5.35. The van der Waals surface area contributed by atoms with E-state index in [0.29, 0.717) is 22.0 Å². The number of aryl methyl sites for hydroxylation is 1. The second-order valence-corrected chi connectivity index (χ2v) is 11.7. The van der Waals surface area contributed by atoms with Gasteiger partial charge in [-0.15, -0.1) is 0 Å². The van der Waals surface area contributed by atoms with Crippen LogP contribution in [0.1, 0.15) is 41.8 Å². The highest BCUT2D eigenvalue weighted by atomic mass is 35.5. The van der Waals surface area contributed by atoms with Gasteiger partial charge in [0.25, 0.3) is 0 Å². The summed E-state index contributed by atoms with van der Waals surface area (Å²) in [5, 5.41) is 10.4. The van der Waals surface area contributed by atoms with Crippen molar-refractivity contribution in [1.29, 1.82) is 5.26 Å². The molecule has 0 atom stereocenters. The van der Waals surface area contributed by atoms with Crippen molar-refractivity contribution < 1.29 is 13.2 Å². The van der Waals surface area contributed by atoms with Crippen LogP contribution in [0.5, 0.6) is 5.75 Å². The van der Waals surface area contributed by atoms with Crippen LogP contribution in [0.3, 0.4) is 0 Å². The third-order valence-electron chi connectivity index (χ3n) is 6.23. The third-order valence-corrected chi connectivity index (χ3v) is 7.08. The maximum Gasteiger partial charge on any atom is 0.236 e. The van der Waals surface area contributed by atoms with Crippen molar-refractivity contribution in [2.45, 2.75) is 32.8 Å². The molecule has 0 aliphatic rings. The molecule has 0 fully saturated rings. The first-order valence-corrected chi connectivity index (χ1v) is 14.1. The fourth-order valence-corrected chi connectivity index (χ4v) is 4.81. The normalized spacial score (nSPS) is 11.6. The van der Waals surface area contributed by atoms with Crippen molar-refractivity contribution in [2.24, 2.45) is 0 Å². The lowest BCUT2D eigenvalue weighted by Crippen LogP contribution is -2.19. The van der Waals surface area contributed by atoms with E-state index in [2.05, 4.69) is 34.6 Å². The molecule has 4 aromatic rings. The molecule has 1 heterocycles. The van der Waals surface area contributed by atoms with Crippen LogP contribution in [-0.2, 0) is 22.0 Å². The quantitative estimate of drug-likeness (QED) is 0.280. The number of hydrogen-bond acceptors (Lipinski definition) is 6. The monoisotopic (exact) mass is 546 g/mol. The van der Waals surface area contributed by atoms with Crippen LogP contribution in [0.2, 0.25) is 5.02 Å². The van der Waals surface area contributed by atoms with Gasteiger partial charge in [-0.05, 0) is 53.9 Å². The molecule has 0 bridgehead atoms. The summed E-state index contributed by atoms with van der Waals surface area (Å²) in [6.45, 7) is 6.33. The zero-order chi connectivity index (χ0) is 27.5. The Morgan fingerprint density at radius 3 is 2.34 bits per heavy atom. The fourth-order valence-electron chi connectivity index (χ4n) is 4.05. The molecule has 194 valence electrons. The Hall–Kier alpha value is -3.93. The second-order valence-electron chi connectivity index (χ2n) is 9.54. The van der Waals surface area contributed by atoms with Crippen LogP contribution in [0.4, 0.5) is 5.95 Å². The highest BCUT2D eigenvalue weighted by molar-refractivity contribution is 7.91. The van der Waals surface area contributed by atoms with Gasteiger partial charge in [-0.25, -0.2) is 18.4 Å². The van der Waals surface area contributed by atoms with E-state index in [1.807, 2.05) is 67.6 Å². The minimum absolute atomic E-state index is 0.00510. The van der Waals surface area contributed by atoms with Crippen LogP contribution < -0.4 is 9.46 Å². The lowest BCUT2D eigenvalue weighted by atomic mass is 9.77. The highest BCUT2D eigenvalue weighted by Crippen LogP contribution is 2.39. The molecule has 1 N–H and O–H groups in total. The molecule has 0 spiro atoms. The summed E-state index contributed by atoms with van der Waals surface area (Å²) in [7, 11) is -3.47. The van der Waals surface area contributed by atoms with E-state index < -0.39 is 15.4 Å². The Morgan fingerprint density at radius 2 is 1.71 bits per heavy atom. The Kier molecular flexibility index (Phi) is 7.72. The SMILES string of the molecule is Cc1ccc(-c2c(Cl)cc(C(C)(C)c3ccc(OCc4ccnc(NS(C)(=O)=O)n4)cc3)cc2C#N)cc1. The van der Waals surface area contributed by atoms with E-state index in [1.165, 1.54) is 6.20 Å². The molecule has 0 saturated carbocycles. The first-order valence-electron chi connectivity index (χ1n) is 11.8. The molecule has 38 heavy (non-hydrogen) atoms. The Morgan fingerprint density at radius 1 is 1.03 bits per heavy atom. The fraction of sp³-hybridized carbons (Fsp3) is 0.207. The largest absolute Gasteiger partial charge is 0.487 e. The van der Waals surface area contributed by atoms with Crippen molar-refractivity contribution in [1.82, 2.24) is 9.97 Å². The minimum atomic E-state index is -3.47. The molecular weight excluding hydrogens is 520 g/mol. The van der Waals surface area contributed by atoms with E-state index in [0.717, 1.165) is 34.1 Å². The van der Waals surface area contributed by atoms with Crippen molar-refractivity contribution in [3.05, 3.63) is 106 Å². The topological polar surface area (TPSA) is 105 Å². The van der Waals surface area contributed by atoms with E-state index in [9.17, 15) is 13.7 Å². The zero-order valence-electron chi connectivity index (χ0n) is 21.5. The van der Waals surface area contributed by atoms with Gasteiger partial charge in [0.05, 0.1) is 28.6 Å². The summed E-state index contributed by atoms with van der Waals surface area (Å²) < 4.78 is 30.9. The van der Waals surface area contributed by atoms with E-state index in [4.69, 9.17) is 16.3 Å². The van der Waals surface area contributed by atoms with Crippen LogP contribution >= 0.6 is 11.6 Å². The smallest absolute Gasteiger partial charge is 0.236 e. The first kappa shape index (κ1) is 27.1. The van der Waals surface area contributed by atoms with Crippen LogP contribution in [-0.4, -0.2) is 24.6 Å². The molecule has 0 saturated heterocycles. The maximum atomic E-state index is 11.4. The number of nitrogens with one attached hydrogen (secondary N) is 1. The number of benzene rings is 3. The molecule has 0 aliphatic carbocycles. The standard InChI is InChI=1S/C29H27ClN4O3S/c1-19-5-7-20(8-6-19)27-21(17-31)15-23(16-26(27)30)29(2,3)22-9-11-25(12-10-22)37-18-24-13-14-32-28(33-24)34-38(4,35)36/h5-16H,18H2,1-4H3,(H,32,33,34). The maximum absolute atomic E-state index is 11.4. The number of hydrogen-bond donors (Lipinski definition) is 1. The molecule has 9 heteroatoms. The lowest BCUT2D eigenvalue weighted by molar-refractivity contribution is 0.301. The van der Waals surface area contributed by atoms with Gasteiger partial charge in [0.1, 0.15) is 12.4 Å². The molecule has 0 aliphatic heterocycles. The lowest BCUT2D eigenvalue weighted by Gasteiger charge is -2.27. The zero-order valence-corrected chi connectivity index (χ0v) is 23.1. The average molecular weight is 547 g/mol.